The first kappa shape index (κ1) is 24.0. The molecule has 0 aromatic heterocycles. The van der Waals surface area contributed by atoms with Gasteiger partial charge >= 0.3 is 0 Å². The lowest BCUT2D eigenvalue weighted by molar-refractivity contribution is 0.487. The lowest BCUT2D eigenvalue weighted by Gasteiger charge is -2.23. The summed E-state index contributed by atoms with van der Waals surface area (Å²) in [7, 11) is 0. The van der Waals surface area contributed by atoms with Crippen molar-refractivity contribution in [1.29, 1.82) is 0 Å². The summed E-state index contributed by atoms with van der Waals surface area (Å²) < 4.78 is 6.34. The van der Waals surface area contributed by atoms with Gasteiger partial charge in [0.25, 0.3) is 0 Å². The quantitative estimate of drug-likeness (QED) is 0.200. The zero-order valence-electron chi connectivity index (χ0n) is 23.4. The van der Waals surface area contributed by atoms with Crippen LogP contribution in [0.2, 0.25) is 0 Å². The predicted molar refractivity (Wildman–Crippen MR) is 181 cm³/mol. The van der Waals surface area contributed by atoms with Gasteiger partial charge in [-0.25, -0.2) is 0 Å². The minimum Gasteiger partial charge on any atom is -0.456 e. The standard InChI is InChI=1S/C42H26O/c1-2-12-27(13-3-1)28-14-10-15-29(24-28)40-33-18-4-6-20-35(33)41(36-21-7-5-19-34(36)40)31-25-30-16-11-23-39-42(30)37(26-31)32-17-8-9-22-38(32)43-39/h1-26H. The molecule has 1 heteroatoms. The molecule has 0 atom stereocenters. The average Bonchev–Trinajstić information content (AvgIpc) is 3.07. The fourth-order valence-corrected chi connectivity index (χ4v) is 6.97. The second-order valence-electron chi connectivity index (χ2n) is 11.3. The minimum atomic E-state index is 0.906. The third kappa shape index (κ3) is 3.72. The van der Waals surface area contributed by atoms with E-state index in [1.165, 1.54) is 71.3 Å². The first-order chi connectivity index (χ1) is 21.3. The van der Waals surface area contributed by atoms with E-state index in [2.05, 4.69) is 152 Å². The van der Waals surface area contributed by atoms with Crippen molar-refractivity contribution < 1.29 is 4.74 Å². The molecule has 1 nitrogen and oxygen atoms in total. The summed E-state index contributed by atoms with van der Waals surface area (Å²) >= 11 is 0. The Kier molecular flexibility index (Phi) is 5.27. The fourth-order valence-electron chi connectivity index (χ4n) is 6.97. The van der Waals surface area contributed by atoms with Crippen molar-refractivity contribution in [2.75, 3.05) is 0 Å². The van der Waals surface area contributed by atoms with Gasteiger partial charge in [-0.3, -0.25) is 0 Å². The molecule has 43 heavy (non-hydrogen) atoms. The minimum absolute atomic E-state index is 0.906. The van der Waals surface area contributed by atoms with E-state index in [-0.39, 0.29) is 0 Å². The first-order valence-corrected chi connectivity index (χ1v) is 14.8. The van der Waals surface area contributed by atoms with E-state index in [1.54, 1.807) is 0 Å². The van der Waals surface area contributed by atoms with E-state index >= 15 is 0 Å². The van der Waals surface area contributed by atoms with Crippen molar-refractivity contribution in [1.82, 2.24) is 0 Å². The molecule has 0 aliphatic carbocycles. The van der Waals surface area contributed by atoms with Crippen LogP contribution >= 0.6 is 0 Å². The summed E-state index contributed by atoms with van der Waals surface area (Å²) in [4.78, 5) is 0. The Hall–Kier alpha value is -5.66. The molecule has 0 unspecified atom stereocenters. The van der Waals surface area contributed by atoms with Crippen molar-refractivity contribution in [2.24, 2.45) is 0 Å². The van der Waals surface area contributed by atoms with E-state index in [0.717, 1.165) is 17.1 Å². The van der Waals surface area contributed by atoms with Gasteiger partial charge in [-0.2, -0.15) is 0 Å². The SMILES string of the molecule is c1ccc(-c2cccc(-c3c4ccccc4c(-c4cc5c6c(cccc6c4)Oc4ccccc4-5)c4ccccc34)c2)cc1. The van der Waals surface area contributed by atoms with Crippen molar-refractivity contribution in [3.63, 3.8) is 0 Å². The molecule has 0 saturated carbocycles. The number of rotatable bonds is 3. The van der Waals surface area contributed by atoms with E-state index < -0.39 is 0 Å². The number of fused-ring (bicyclic) bond motifs is 4. The van der Waals surface area contributed by atoms with Crippen LogP contribution in [0.25, 0.3) is 76.8 Å². The van der Waals surface area contributed by atoms with Gasteiger partial charge in [0.05, 0.1) is 0 Å². The second kappa shape index (κ2) is 9.44. The van der Waals surface area contributed by atoms with Crippen LogP contribution in [0.15, 0.2) is 158 Å². The highest BCUT2D eigenvalue weighted by atomic mass is 16.5. The maximum atomic E-state index is 6.34. The molecule has 8 aromatic rings. The van der Waals surface area contributed by atoms with E-state index in [0.29, 0.717) is 0 Å². The van der Waals surface area contributed by atoms with Crippen LogP contribution in [-0.2, 0) is 0 Å². The molecule has 0 saturated heterocycles. The molecule has 1 aliphatic rings. The highest BCUT2D eigenvalue weighted by Crippen LogP contribution is 2.50. The predicted octanol–water partition coefficient (Wildman–Crippen LogP) is 11.9. The van der Waals surface area contributed by atoms with Gasteiger partial charge in [0, 0.05) is 10.9 Å². The van der Waals surface area contributed by atoms with Crippen LogP contribution in [0.1, 0.15) is 0 Å². The molecular formula is C42H26O. The maximum absolute atomic E-state index is 6.34. The molecule has 0 amide bonds. The van der Waals surface area contributed by atoms with E-state index in [4.69, 9.17) is 4.74 Å². The highest BCUT2D eigenvalue weighted by Gasteiger charge is 2.23. The molecule has 8 aromatic carbocycles. The molecule has 9 rings (SSSR count). The summed E-state index contributed by atoms with van der Waals surface area (Å²) in [5, 5.41) is 7.38. The van der Waals surface area contributed by atoms with Crippen LogP contribution in [-0.4, -0.2) is 0 Å². The number of benzene rings is 8. The number of ether oxygens (including phenoxy) is 1. The van der Waals surface area contributed by atoms with Crippen LogP contribution in [0.4, 0.5) is 0 Å². The summed E-state index contributed by atoms with van der Waals surface area (Å²) in [5.74, 6) is 1.82. The molecule has 0 spiro atoms. The highest BCUT2D eigenvalue weighted by molar-refractivity contribution is 6.22. The van der Waals surface area contributed by atoms with Crippen molar-refractivity contribution in [2.45, 2.75) is 0 Å². The summed E-state index contributed by atoms with van der Waals surface area (Å²) in [6.07, 6.45) is 0. The van der Waals surface area contributed by atoms with Crippen LogP contribution in [0, 0.1) is 0 Å². The Morgan fingerprint density at radius 1 is 0.326 bits per heavy atom. The monoisotopic (exact) mass is 546 g/mol. The van der Waals surface area contributed by atoms with Crippen LogP contribution < -0.4 is 4.74 Å². The van der Waals surface area contributed by atoms with E-state index in [1.807, 2.05) is 6.07 Å². The van der Waals surface area contributed by atoms with Crippen LogP contribution in [0.5, 0.6) is 11.5 Å². The second-order valence-corrected chi connectivity index (χ2v) is 11.3. The van der Waals surface area contributed by atoms with Gasteiger partial charge in [0.1, 0.15) is 11.5 Å². The molecule has 200 valence electrons. The van der Waals surface area contributed by atoms with Gasteiger partial charge in [-0.05, 0) is 96.2 Å². The third-order valence-electron chi connectivity index (χ3n) is 8.81. The molecule has 0 bridgehead atoms. The maximum Gasteiger partial charge on any atom is 0.135 e. The van der Waals surface area contributed by atoms with Crippen molar-refractivity contribution >= 4 is 32.3 Å². The molecule has 0 fully saturated rings. The largest absolute Gasteiger partial charge is 0.456 e. The summed E-state index contributed by atoms with van der Waals surface area (Å²) in [6, 6.07) is 56.8. The smallest absolute Gasteiger partial charge is 0.135 e. The Morgan fingerprint density at radius 2 is 0.884 bits per heavy atom. The van der Waals surface area contributed by atoms with Gasteiger partial charge < -0.3 is 4.74 Å². The lowest BCUT2D eigenvalue weighted by atomic mass is 9.83. The Morgan fingerprint density at radius 3 is 1.63 bits per heavy atom. The van der Waals surface area contributed by atoms with Crippen molar-refractivity contribution in [3.05, 3.63) is 158 Å². The normalized spacial score (nSPS) is 11.9. The fraction of sp³-hybridized carbons (Fsp3) is 0. The van der Waals surface area contributed by atoms with Gasteiger partial charge in [0.2, 0.25) is 0 Å². The molecular weight excluding hydrogens is 520 g/mol. The topological polar surface area (TPSA) is 9.23 Å². The van der Waals surface area contributed by atoms with Gasteiger partial charge in [-0.1, -0.05) is 127 Å². The zero-order valence-corrected chi connectivity index (χ0v) is 23.4. The molecule has 1 aliphatic heterocycles. The van der Waals surface area contributed by atoms with E-state index in [9.17, 15) is 0 Å². The zero-order chi connectivity index (χ0) is 28.3. The van der Waals surface area contributed by atoms with Crippen LogP contribution in [0.3, 0.4) is 0 Å². The Balaban J connectivity index is 1.36. The number of para-hydroxylation sites is 1. The Labute approximate surface area is 250 Å². The average molecular weight is 547 g/mol. The summed E-state index contributed by atoms with van der Waals surface area (Å²) in [6.45, 7) is 0. The van der Waals surface area contributed by atoms with Crippen molar-refractivity contribution in [3.8, 4) is 56.0 Å². The molecule has 0 radical (unpaired) electrons. The Bertz CT molecular complexity index is 2310. The summed E-state index contributed by atoms with van der Waals surface area (Å²) in [5.41, 5.74) is 9.79. The van der Waals surface area contributed by atoms with Gasteiger partial charge in [-0.15, -0.1) is 0 Å². The lowest BCUT2D eigenvalue weighted by Crippen LogP contribution is -1.98. The first-order valence-electron chi connectivity index (χ1n) is 14.8. The number of hydrogen-bond acceptors (Lipinski definition) is 1. The molecule has 0 N–H and O–H groups in total. The molecule has 1 heterocycles. The third-order valence-corrected chi connectivity index (χ3v) is 8.81. The van der Waals surface area contributed by atoms with Gasteiger partial charge in [0.15, 0.2) is 0 Å². The number of hydrogen-bond donors (Lipinski definition) is 0.